The molecule has 0 saturated heterocycles. The van der Waals surface area contributed by atoms with Crippen molar-refractivity contribution in [3.63, 3.8) is 0 Å². The highest BCUT2D eigenvalue weighted by Gasteiger charge is 2.40. The van der Waals surface area contributed by atoms with Crippen LogP contribution < -0.4 is 0 Å². The molecule has 1 unspecified atom stereocenters. The molecule has 2 aromatic rings. The Hall–Kier alpha value is -2.12. The van der Waals surface area contributed by atoms with Crippen molar-refractivity contribution >= 4 is 7.85 Å². The Kier molecular flexibility index (Phi) is 3.65. The summed E-state index contributed by atoms with van der Waals surface area (Å²) in [6.45, 7) is 3.22. The van der Waals surface area contributed by atoms with Gasteiger partial charge < -0.3 is 5.11 Å². The van der Waals surface area contributed by atoms with E-state index in [4.69, 9.17) is 13.1 Å². The highest BCUT2D eigenvalue weighted by Crippen LogP contribution is 2.36. The summed E-state index contributed by atoms with van der Waals surface area (Å²) in [4.78, 5) is 4.26. The van der Waals surface area contributed by atoms with Gasteiger partial charge in [-0.15, -0.1) is 0 Å². The number of hydrogen-bond acceptors (Lipinski definition) is 3. The first kappa shape index (κ1) is 14.3. The molecular formula is C16H15BN2O. The van der Waals surface area contributed by atoms with Crippen LogP contribution in [0.25, 0.3) is 11.3 Å². The second-order valence-corrected chi connectivity index (χ2v) is 5.30. The number of nitriles is 1. The van der Waals surface area contributed by atoms with Gasteiger partial charge in [-0.2, -0.15) is 5.26 Å². The molecule has 3 nitrogen and oxygen atoms in total. The van der Waals surface area contributed by atoms with E-state index in [1.807, 2.05) is 36.4 Å². The number of aliphatic hydroxyl groups is 1. The third-order valence-electron chi connectivity index (χ3n) is 3.52. The lowest BCUT2D eigenvalue weighted by Crippen LogP contribution is -2.41. The van der Waals surface area contributed by atoms with Crippen molar-refractivity contribution in [3.05, 3.63) is 54.2 Å². The normalized spacial score (nSPS) is 14.3. The lowest BCUT2D eigenvalue weighted by Gasteiger charge is -2.35. The van der Waals surface area contributed by atoms with Crippen molar-refractivity contribution in [1.29, 1.82) is 5.26 Å². The van der Waals surface area contributed by atoms with E-state index in [1.165, 1.54) is 0 Å². The fraction of sp³-hybridized carbons (Fsp3) is 0.250. The summed E-state index contributed by atoms with van der Waals surface area (Å²) >= 11 is 0. The lowest BCUT2D eigenvalue weighted by atomic mass is 9.60. The van der Waals surface area contributed by atoms with Gasteiger partial charge in [-0.25, -0.2) is 0 Å². The smallest absolute Gasteiger partial charge is 0.122 e. The SMILES string of the molecule is [B]C(O)(c1ccc(-c2ccccn2)cc1)C(C)(C)C#N. The van der Waals surface area contributed by atoms with Crippen LogP contribution in [0.5, 0.6) is 0 Å². The number of pyridine rings is 1. The number of nitrogens with zero attached hydrogens (tertiary/aromatic N) is 2. The van der Waals surface area contributed by atoms with Gasteiger partial charge in [0, 0.05) is 11.8 Å². The van der Waals surface area contributed by atoms with Crippen molar-refractivity contribution in [3.8, 4) is 17.3 Å². The second kappa shape index (κ2) is 5.11. The molecule has 0 aliphatic carbocycles. The number of aromatic nitrogens is 1. The van der Waals surface area contributed by atoms with Crippen molar-refractivity contribution in [2.24, 2.45) is 5.41 Å². The highest BCUT2D eigenvalue weighted by atomic mass is 16.3. The van der Waals surface area contributed by atoms with E-state index in [-0.39, 0.29) is 0 Å². The Labute approximate surface area is 120 Å². The molecule has 1 atom stereocenters. The van der Waals surface area contributed by atoms with Crippen LogP contribution in [0.4, 0.5) is 0 Å². The Morgan fingerprint density at radius 2 is 1.80 bits per heavy atom. The average molecular weight is 262 g/mol. The predicted molar refractivity (Wildman–Crippen MR) is 78.7 cm³/mol. The highest BCUT2D eigenvalue weighted by molar-refractivity contribution is 6.15. The minimum absolute atomic E-state index is 0.503. The summed E-state index contributed by atoms with van der Waals surface area (Å²) in [5, 5.41) is 19.5. The second-order valence-electron chi connectivity index (χ2n) is 5.30. The molecule has 0 amide bonds. The molecule has 0 spiro atoms. The maximum Gasteiger partial charge on any atom is 0.122 e. The molecule has 0 aliphatic heterocycles. The predicted octanol–water partition coefficient (Wildman–Crippen LogP) is 2.61. The van der Waals surface area contributed by atoms with E-state index in [1.54, 1.807) is 32.2 Å². The van der Waals surface area contributed by atoms with Gasteiger partial charge in [-0.05, 0) is 31.5 Å². The Morgan fingerprint density at radius 3 is 2.30 bits per heavy atom. The molecule has 98 valence electrons. The summed E-state index contributed by atoms with van der Waals surface area (Å²) in [5.74, 6) is 0. The van der Waals surface area contributed by atoms with Crippen LogP contribution in [0.2, 0.25) is 0 Å². The number of benzene rings is 1. The molecule has 4 heteroatoms. The van der Waals surface area contributed by atoms with Gasteiger partial charge in [0.25, 0.3) is 0 Å². The van der Waals surface area contributed by atoms with E-state index in [2.05, 4.69) is 4.98 Å². The molecule has 1 aromatic heterocycles. The van der Waals surface area contributed by atoms with E-state index in [9.17, 15) is 5.11 Å². The molecule has 2 radical (unpaired) electrons. The van der Waals surface area contributed by atoms with Gasteiger partial charge >= 0.3 is 0 Å². The first-order chi connectivity index (χ1) is 9.38. The first-order valence-corrected chi connectivity index (χ1v) is 6.33. The zero-order valence-electron chi connectivity index (χ0n) is 11.5. The minimum Gasteiger partial charge on any atom is -0.394 e. The summed E-state index contributed by atoms with van der Waals surface area (Å²) in [6, 6.07) is 14.8. The molecule has 0 saturated carbocycles. The summed E-state index contributed by atoms with van der Waals surface area (Å²) < 4.78 is 0. The van der Waals surface area contributed by atoms with Crippen LogP contribution in [-0.4, -0.2) is 17.9 Å². The fourth-order valence-corrected chi connectivity index (χ4v) is 1.87. The molecule has 1 heterocycles. The molecule has 0 bridgehead atoms. The number of hydrogen-bond donors (Lipinski definition) is 1. The van der Waals surface area contributed by atoms with Gasteiger partial charge in [-0.3, -0.25) is 4.98 Å². The third-order valence-corrected chi connectivity index (χ3v) is 3.52. The van der Waals surface area contributed by atoms with Crippen molar-refractivity contribution in [2.45, 2.75) is 19.3 Å². The topological polar surface area (TPSA) is 56.9 Å². The van der Waals surface area contributed by atoms with Gasteiger partial charge in [-0.1, -0.05) is 30.3 Å². The molecule has 20 heavy (non-hydrogen) atoms. The summed E-state index contributed by atoms with van der Waals surface area (Å²) in [6.07, 6.45) is 1.72. The molecule has 0 fully saturated rings. The van der Waals surface area contributed by atoms with E-state index >= 15 is 0 Å². The molecule has 1 N–H and O–H groups in total. The Balaban J connectivity index is 2.37. The fourth-order valence-electron chi connectivity index (χ4n) is 1.87. The van der Waals surface area contributed by atoms with Gasteiger partial charge in [0.15, 0.2) is 0 Å². The van der Waals surface area contributed by atoms with Crippen LogP contribution in [0, 0.1) is 16.7 Å². The minimum atomic E-state index is -1.70. The molecular weight excluding hydrogens is 247 g/mol. The largest absolute Gasteiger partial charge is 0.394 e. The zero-order chi connectivity index (χ0) is 14.8. The number of rotatable bonds is 3. The van der Waals surface area contributed by atoms with E-state index in [0.29, 0.717) is 5.56 Å². The van der Waals surface area contributed by atoms with Crippen LogP contribution in [0.15, 0.2) is 48.7 Å². The lowest BCUT2D eigenvalue weighted by molar-refractivity contribution is 0.0383. The summed E-state index contributed by atoms with van der Waals surface area (Å²) in [5.41, 5.74) is -0.507. The van der Waals surface area contributed by atoms with Gasteiger partial charge in [0.05, 0.1) is 22.7 Å². The molecule has 0 aliphatic rings. The van der Waals surface area contributed by atoms with Crippen LogP contribution >= 0.6 is 0 Å². The third kappa shape index (κ3) is 2.45. The quantitative estimate of drug-likeness (QED) is 0.865. The summed E-state index contributed by atoms with van der Waals surface area (Å²) in [7, 11) is 5.93. The van der Waals surface area contributed by atoms with E-state index < -0.39 is 10.9 Å². The van der Waals surface area contributed by atoms with E-state index in [0.717, 1.165) is 11.3 Å². The van der Waals surface area contributed by atoms with Crippen LogP contribution in [0.3, 0.4) is 0 Å². The standard InChI is InChI=1S/C16H15BN2O/c1-15(2,11-18)16(17,20)13-8-6-12(7-9-13)14-5-3-4-10-19-14/h3-10,20H,1-2H3. The van der Waals surface area contributed by atoms with Crippen LogP contribution in [-0.2, 0) is 5.50 Å². The van der Waals surface area contributed by atoms with Gasteiger partial charge in [0.1, 0.15) is 7.85 Å². The first-order valence-electron chi connectivity index (χ1n) is 6.33. The molecule has 1 aromatic carbocycles. The molecule has 2 rings (SSSR count). The van der Waals surface area contributed by atoms with Crippen molar-refractivity contribution < 1.29 is 5.11 Å². The monoisotopic (exact) mass is 262 g/mol. The van der Waals surface area contributed by atoms with Crippen molar-refractivity contribution in [2.75, 3.05) is 0 Å². The van der Waals surface area contributed by atoms with Crippen LogP contribution in [0.1, 0.15) is 19.4 Å². The van der Waals surface area contributed by atoms with Crippen molar-refractivity contribution in [1.82, 2.24) is 4.98 Å². The Morgan fingerprint density at radius 1 is 1.15 bits per heavy atom. The maximum absolute atomic E-state index is 10.4. The average Bonchev–Trinajstić information content (AvgIpc) is 2.48. The Bertz CT molecular complexity index is 628. The van der Waals surface area contributed by atoms with Gasteiger partial charge in [0.2, 0.25) is 0 Å². The maximum atomic E-state index is 10.4. The zero-order valence-corrected chi connectivity index (χ0v) is 11.5.